The third-order valence-corrected chi connectivity index (χ3v) is 3.60. The Kier molecular flexibility index (Phi) is 4.90. The highest BCUT2D eigenvalue weighted by Crippen LogP contribution is 2.35. The minimum atomic E-state index is -0.332. The third kappa shape index (κ3) is 3.32. The molecule has 0 aliphatic carbocycles. The van der Waals surface area contributed by atoms with Crippen molar-refractivity contribution in [2.75, 3.05) is 25.7 Å². The van der Waals surface area contributed by atoms with Crippen LogP contribution in [0, 0.1) is 5.92 Å². The molecule has 1 heterocycles. The predicted molar refractivity (Wildman–Crippen MR) is 83.3 cm³/mol. The van der Waals surface area contributed by atoms with Gasteiger partial charge in [-0.3, -0.25) is 9.59 Å². The van der Waals surface area contributed by atoms with Crippen LogP contribution in [0.4, 0.5) is 5.69 Å². The average Bonchev–Trinajstić information content (AvgIpc) is 2.87. The second-order valence-corrected chi connectivity index (χ2v) is 5.61. The molecule has 22 heavy (non-hydrogen) atoms. The number of rotatable bonds is 5. The highest BCUT2D eigenvalue weighted by atomic mass is 16.5. The maximum Gasteiger partial charge on any atom is 0.227 e. The maximum atomic E-state index is 12.3. The first-order valence-electron chi connectivity index (χ1n) is 7.29. The van der Waals surface area contributed by atoms with Crippen molar-refractivity contribution in [2.24, 2.45) is 5.92 Å². The van der Waals surface area contributed by atoms with Gasteiger partial charge in [-0.05, 0) is 26.0 Å². The smallest absolute Gasteiger partial charge is 0.227 e. The predicted octanol–water partition coefficient (Wildman–Crippen LogP) is 1.58. The Bertz CT molecular complexity index is 571. The summed E-state index contributed by atoms with van der Waals surface area (Å²) in [6.07, 6.45) is 0.216. The van der Waals surface area contributed by atoms with Crippen LogP contribution in [0.1, 0.15) is 20.3 Å². The summed E-state index contributed by atoms with van der Waals surface area (Å²) < 4.78 is 10.5. The highest BCUT2D eigenvalue weighted by molar-refractivity contribution is 6.01. The Balaban J connectivity index is 2.20. The topological polar surface area (TPSA) is 67.9 Å². The molecule has 0 saturated carbocycles. The number of hydrogen-bond acceptors (Lipinski definition) is 4. The fraction of sp³-hybridized carbons (Fsp3) is 0.500. The lowest BCUT2D eigenvalue weighted by Crippen LogP contribution is -2.37. The van der Waals surface area contributed by atoms with Crippen LogP contribution in [-0.2, 0) is 9.59 Å². The van der Waals surface area contributed by atoms with E-state index in [4.69, 9.17) is 9.47 Å². The Hall–Kier alpha value is -2.24. The first-order chi connectivity index (χ1) is 10.5. The molecular formula is C16H22N2O4. The van der Waals surface area contributed by atoms with E-state index in [9.17, 15) is 9.59 Å². The van der Waals surface area contributed by atoms with Gasteiger partial charge in [0, 0.05) is 25.1 Å². The molecule has 1 fully saturated rings. The summed E-state index contributed by atoms with van der Waals surface area (Å²) in [6, 6.07) is 5.34. The van der Waals surface area contributed by atoms with Crippen LogP contribution in [-0.4, -0.2) is 38.6 Å². The van der Waals surface area contributed by atoms with E-state index in [2.05, 4.69) is 5.32 Å². The lowest BCUT2D eigenvalue weighted by molar-refractivity contribution is -0.126. The normalized spacial score (nSPS) is 17.8. The second-order valence-electron chi connectivity index (χ2n) is 5.61. The standard InChI is InChI=1S/C16H22N2O4/c1-10(2)17-16(20)11-7-15(19)18(9-11)13-6-5-12(21-3)8-14(13)22-4/h5-6,8,10-11H,7,9H2,1-4H3,(H,17,20)/t11-/m0/s1. The van der Waals surface area contributed by atoms with Gasteiger partial charge in [-0.1, -0.05) is 0 Å². The van der Waals surface area contributed by atoms with Gasteiger partial charge < -0.3 is 19.7 Å². The van der Waals surface area contributed by atoms with Crippen molar-refractivity contribution in [1.29, 1.82) is 0 Å². The number of nitrogens with zero attached hydrogens (tertiary/aromatic N) is 1. The molecule has 1 N–H and O–H groups in total. The van der Waals surface area contributed by atoms with Crippen molar-refractivity contribution in [3.63, 3.8) is 0 Å². The first-order valence-corrected chi connectivity index (χ1v) is 7.29. The summed E-state index contributed by atoms with van der Waals surface area (Å²) in [4.78, 5) is 25.9. The van der Waals surface area contributed by atoms with Crippen molar-refractivity contribution in [1.82, 2.24) is 5.32 Å². The number of benzene rings is 1. The molecule has 2 rings (SSSR count). The van der Waals surface area contributed by atoms with Crippen LogP contribution in [0.15, 0.2) is 18.2 Å². The van der Waals surface area contributed by atoms with Crippen molar-refractivity contribution >= 4 is 17.5 Å². The van der Waals surface area contributed by atoms with Crippen molar-refractivity contribution in [3.8, 4) is 11.5 Å². The zero-order chi connectivity index (χ0) is 16.3. The van der Waals surface area contributed by atoms with Gasteiger partial charge in [0.05, 0.1) is 25.8 Å². The van der Waals surface area contributed by atoms with Crippen LogP contribution >= 0.6 is 0 Å². The largest absolute Gasteiger partial charge is 0.497 e. The molecule has 6 heteroatoms. The number of nitrogens with one attached hydrogen (secondary N) is 1. The quantitative estimate of drug-likeness (QED) is 0.897. The van der Waals surface area contributed by atoms with Gasteiger partial charge in [0.2, 0.25) is 11.8 Å². The molecule has 1 aromatic carbocycles. The summed E-state index contributed by atoms with van der Waals surface area (Å²) in [6.45, 7) is 4.16. The number of anilines is 1. The van der Waals surface area contributed by atoms with Gasteiger partial charge in [0.1, 0.15) is 11.5 Å². The summed E-state index contributed by atoms with van der Waals surface area (Å²) in [5.41, 5.74) is 0.660. The molecular weight excluding hydrogens is 284 g/mol. The Labute approximate surface area is 130 Å². The van der Waals surface area contributed by atoms with Crippen molar-refractivity contribution < 1.29 is 19.1 Å². The monoisotopic (exact) mass is 306 g/mol. The molecule has 0 bridgehead atoms. The molecule has 1 aliphatic rings. The minimum absolute atomic E-state index is 0.0622. The highest BCUT2D eigenvalue weighted by Gasteiger charge is 2.36. The number of amides is 2. The summed E-state index contributed by atoms with van der Waals surface area (Å²) in [5.74, 6) is 0.714. The molecule has 0 unspecified atom stereocenters. The average molecular weight is 306 g/mol. The van der Waals surface area contributed by atoms with Gasteiger partial charge in [-0.15, -0.1) is 0 Å². The van der Waals surface area contributed by atoms with Gasteiger partial charge in [-0.25, -0.2) is 0 Å². The molecule has 1 saturated heterocycles. The number of carbonyl (C=O) groups excluding carboxylic acids is 2. The molecule has 1 atom stereocenters. The summed E-state index contributed by atoms with van der Waals surface area (Å²) >= 11 is 0. The molecule has 0 radical (unpaired) electrons. The van der Waals surface area contributed by atoms with Crippen LogP contribution in [0.5, 0.6) is 11.5 Å². The Morgan fingerprint density at radius 1 is 1.32 bits per heavy atom. The van der Waals surface area contributed by atoms with Gasteiger partial charge >= 0.3 is 0 Å². The van der Waals surface area contributed by atoms with E-state index >= 15 is 0 Å². The van der Waals surface area contributed by atoms with E-state index in [1.165, 1.54) is 0 Å². The minimum Gasteiger partial charge on any atom is -0.497 e. The molecule has 0 spiro atoms. The maximum absolute atomic E-state index is 12.3. The molecule has 6 nitrogen and oxygen atoms in total. The van der Waals surface area contributed by atoms with Crippen LogP contribution in [0.25, 0.3) is 0 Å². The lowest BCUT2D eigenvalue weighted by atomic mass is 10.1. The fourth-order valence-corrected chi connectivity index (χ4v) is 2.53. The van der Waals surface area contributed by atoms with E-state index in [0.717, 1.165) is 0 Å². The van der Waals surface area contributed by atoms with E-state index in [1.807, 2.05) is 13.8 Å². The SMILES string of the molecule is COc1ccc(N2C[C@@H](C(=O)NC(C)C)CC2=O)c(OC)c1. The summed E-state index contributed by atoms with van der Waals surface area (Å²) in [5, 5.41) is 2.86. The third-order valence-electron chi connectivity index (χ3n) is 3.60. The summed E-state index contributed by atoms with van der Waals surface area (Å²) in [7, 11) is 3.11. The Morgan fingerprint density at radius 3 is 2.64 bits per heavy atom. The van der Waals surface area contributed by atoms with E-state index < -0.39 is 0 Å². The molecule has 2 amide bonds. The number of ether oxygens (including phenoxy) is 2. The number of hydrogen-bond donors (Lipinski definition) is 1. The van der Waals surface area contributed by atoms with Gasteiger partial charge in [0.15, 0.2) is 0 Å². The molecule has 1 aromatic rings. The number of carbonyl (C=O) groups is 2. The van der Waals surface area contributed by atoms with Gasteiger partial charge in [-0.2, -0.15) is 0 Å². The first kappa shape index (κ1) is 16.1. The van der Waals surface area contributed by atoms with E-state index in [-0.39, 0.29) is 30.2 Å². The second kappa shape index (κ2) is 6.68. The van der Waals surface area contributed by atoms with Crippen LogP contribution < -0.4 is 19.7 Å². The number of methoxy groups -OCH3 is 2. The van der Waals surface area contributed by atoms with Crippen molar-refractivity contribution in [3.05, 3.63) is 18.2 Å². The van der Waals surface area contributed by atoms with Crippen LogP contribution in [0.3, 0.4) is 0 Å². The van der Waals surface area contributed by atoms with Crippen LogP contribution in [0.2, 0.25) is 0 Å². The van der Waals surface area contributed by atoms with Gasteiger partial charge in [0.25, 0.3) is 0 Å². The zero-order valence-corrected chi connectivity index (χ0v) is 13.4. The Morgan fingerprint density at radius 2 is 2.05 bits per heavy atom. The fourth-order valence-electron chi connectivity index (χ4n) is 2.53. The zero-order valence-electron chi connectivity index (χ0n) is 13.4. The van der Waals surface area contributed by atoms with Crippen molar-refractivity contribution in [2.45, 2.75) is 26.3 Å². The molecule has 120 valence electrons. The molecule has 0 aromatic heterocycles. The lowest BCUT2D eigenvalue weighted by Gasteiger charge is -2.20. The van der Waals surface area contributed by atoms with E-state index in [1.54, 1.807) is 37.3 Å². The molecule has 1 aliphatic heterocycles. The van der Waals surface area contributed by atoms with E-state index in [0.29, 0.717) is 23.7 Å².